The van der Waals surface area contributed by atoms with Gasteiger partial charge in [0.05, 0.1) is 16.4 Å². The van der Waals surface area contributed by atoms with E-state index in [0.29, 0.717) is 16.3 Å². The summed E-state index contributed by atoms with van der Waals surface area (Å²) < 4.78 is 19.1. The lowest BCUT2D eigenvalue weighted by molar-refractivity contribution is -0.122. The van der Waals surface area contributed by atoms with E-state index in [0.717, 1.165) is 0 Å². The first kappa shape index (κ1) is 25.3. The highest BCUT2D eigenvalue weighted by atomic mass is 35.5. The molecule has 7 nitrogen and oxygen atoms in total. The monoisotopic (exact) mass is 543 g/mol. The molecule has 0 unspecified atom stereocenters. The van der Waals surface area contributed by atoms with Gasteiger partial charge in [-0.3, -0.25) is 24.6 Å². The summed E-state index contributed by atoms with van der Waals surface area (Å²) in [5.74, 6) is -2.24. The Morgan fingerprint density at radius 1 is 1.08 bits per heavy atom. The highest BCUT2D eigenvalue weighted by molar-refractivity contribution is 7.80. The summed E-state index contributed by atoms with van der Waals surface area (Å²) in [5, 5.41) is 5.46. The third kappa shape index (κ3) is 5.71. The Hall–Kier alpha value is -3.79. The van der Waals surface area contributed by atoms with Gasteiger partial charge in [0.1, 0.15) is 17.1 Å². The van der Waals surface area contributed by atoms with Gasteiger partial charge in [-0.15, -0.1) is 0 Å². The molecule has 0 spiro atoms. The molecule has 4 rings (SSSR count). The van der Waals surface area contributed by atoms with Crippen LogP contribution in [0.1, 0.15) is 5.56 Å². The van der Waals surface area contributed by atoms with Crippen molar-refractivity contribution in [3.63, 3.8) is 0 Å². The van der Waals surface area contributed by atoms with Gasteiger partial charge in [0.15, 0.2) is 11.7 Å². The number of halogens is 3. The average molecular weight is 544 g/mol. The van der Waals surface area contributed by atoms with Crippen molar-refractivity contribution in [2.75, 3.05) is 16.8 Å². The fourth-order valence-corrected chi connectivity index (χ4v) is 3.92. The summed E-state index contributed by atoms with van der Waals surface area (Å²) in [6.45, 7) is -0.414. The number of nitrogens with zero attached hydrogens (tertiary/aromatic N) is 1. The Morgan fingerprint density at radius 2 is 1.81 bits per heavy atom. The molecule has 1 aliphatic heterocycles. The number of benzene rings is 3. The topological polar surface area (TPSA) is 87.7 Å². The molecule has 11 heteroatoms. The van der Waals surface area contributed by atoms with Gasteiger partial charge < -0.3 is 10.1 Å². The third-order valence-corrected chi connectivity index (χ3v) is 5.79. The normalized spacial score (nSPS) is 14.6. The fraction of sp³-hybridized carbons (Fsp3) is 0.0400. The molecule has 36 heavy (non-hydrogen) atoms. The van der Waals surface area contributed by atoms with Crippen molar-refractivity contribution in [2.45, 2.75) is 0 Å². The quantitative estimate of drug-likeness (QED) is 0.260. The molecule has 3 aromatic rings. The summed E-state index contributed by atoms with van der Waals surface area (Å²) in [7, 11) is 0. The van der Waals surface area contributed by atoms with Crippen LogP contribution in [0.2, 0.25) is 10.0 Å². The fourth-order valence-electron chi connectivity index (χ4n) is 3.26. The van der Waals surface area contributed by atoms with Crippen molar-refractivity contribution in [3.8, 4) is 5.75 Å². The van der Waals surface area contributed by atoms with Gasteiger partial charge >= 0.3 is 0 Å². The lowest BCUT2D eigenvalue weighted by Gasteiger charge is -2.29. The second kappa shape index (κ2) is 10.9. The Morgan fingerprint density at radius 3 is 2.50 bits per heavy atom. The Kier molecular flexibility index (Phi) is 7.64. The van der Waals surface area contributed by atoms with E-state index in [2.05, 4.69) is 10.6 Å². The van der Waals surface area contributed by atoms with Crippen LogP contribution in [0, 0.1) is 5.82 Å². The van der Waals surface area contributed by atoms with E-state index < -0.39 is 30.1 Å². The van der Waals surface area contributed by atoms with Crippen LogP contribution < -0.4 is 20.3 Å². The first-order chi connectivity index (χ1) is 17.2. The third-order valence-electron chi connectivity index (χ3n) is 4.96. The van der Waals surface area contributed by atoms with Gasteiger partial charge in [0, 0.05) is 5.02 Å². The number of amides is 3. The van der Waals surface area contributed by atoms with E-state index in [4.69, 9.17) is 40.2 Å². The zero-order chi connectivity index (χ0) is 25.8. The zero-order valence-corrected chi connectivity index (χ0v) is 20.6. The Bertz CT molecular complexity index is 1410. The summed E-state index contributed by atoms with van der Waals surface area (Å²) in [6.07, 6.45) is 1.36. The number of para-hydroxylation sites is 1. The first-order valence-electron chi connectivity index (χ1n) is 10.4. The Labute approximate surface area is 220 Å². The van der Waals surface area contributed by atoms with Gasteiger partial charge in [-0.2, -0.15) is 0 Å². The molecule has 1 aliphatic rings. The van der Waals surface area contributed by atoms with Gasteiger partial charge in [-0.25, -0.2) is 4.39 Å². The maximum absolute atomic E-state index is 13.7. The molecule has 2 N–H and O–H groups in total. The molecule has 0 radical (unpaired) electrons. The standard InChI is InChI=1S/C25H16Cl2FN3O4S/c26-15-6-8-16(9-7-15)31-24(34)17(23(33)30-25(31)36)11-14-5-10-21(18(27)12-14)35-13-22(32)29-20-4-2-1-3-19(20)28/h1-12H,13H2,(H,29,32)(H,30,33,36)/b17-11+. The van der Waals surface area contributed by atoms with E-state index >= 15 is 0 Å². The number of carbonyl (C=O) groups excluding carboxylic acids is 3. The van der Waals surface area contributed by atoms with Crippen LogP contribution in [0.3, 0.4) is 0 Å². The van der Waals surface area contributed by atoms with Crippen molar-refractivity contribution in [3.05, 3.63) is 93.7 Å². The molecule has 0 bridgehead atoms. The van der Waals surface area contributed by atoms with Crippen LogP contribution in [-0.4, -0.2) is 29.4 Å². The molecule has 0 aromatic heterocycles. The smallest absolute Gasteiger partial charge is 0.270 e. The van der Waals surface area contributed by atoms with E-state index in [9.17, 15) is 18.8 Å². The maximum Gasteiger partial charge on any atom is 0.270 e. The highest BCUT2D eigenvalue weighted by Crippen LogP contribution is 2.28. The molecule has 3 aromatic carbocycles. The summed E-state index contributed by atoms with van der Waals surface area (Å²) >= 11 is 17.4. The van der Waals surface area contributed by atoms with Gasteiger partial charge in [-0.1, -0.05) is 41.4 Å². The molecule has 0 saturated carbocycles. The van der Waals surface area contributed by atoms with E-state index in [1.807, 2.05) is 0 Å². The largest absolute Gasteiger partial charge is 0.482 e. The summed E-state index contributed by atoms with van der Waals surface area (Å²) in [4.78, 5) is 38.8. The molecule has 1 fully saturated rings. The van der Waals surface area contributed by atoms with Crippen molar-refractivity contribution < 1.29 is 23.5 Å². The van der Waals surface area contributed by atoms with Crippen LogP contribution >= 0.6 is 35.4 Å². The van der Waals surface area contributed by atoms with Crippen molar-refractivity contribution in [2.24, 2.45) is 0 Å². The Balaban J connectivity index is 1.48. The van der Waals surface area contributed by atoms with Crippen LogP contribution in [0.25, 0.3) is 6.08 Å². The van der Waals surface area contributed by atoms with E-state index in [1.54, 1.807) is 36.4 Å². The minimum atomic E-state index is -0.656. The second-order valence-electron chi connectivity index (χ2n) is 7.44. The molecule has 182 valence electrons. The average Bonchev–Trinajstić information content (AvgIpc) is 2.84. The predicted octanol–water partition coefficient (Wildman–Crippen LogP) is 4.98. The van der Waals surface area contributed by atoms with Gasteiger partial charge in [0.2, 0.25) is 0 Å². The minimum absolute atomic E-state index is 0.0294. The number of carbonyl (C=O) groups is 3. The summed E-state index contributed by atoms with van der Waals surface area (Å²) in [5.41, 5.74) is 0.746. The predicted molar refractivity (Wildman–Crippen MR) is 140 cm³/mol. The molecular formula is C25H16Cl2FN3O4S. The summed E-state index contributed by atoms with van der Waals surface area (Å²) in [6, 6.07) is 16.7. The van der Waals surface area contributed by atoms with Crippen LogP contribution in [0.4, 0.5) is 15.8 Å². The molecule has 1 heterocycles. The molecule has 1 saturated heterocycles. The minimum Gasteiger partial charge on any atom is -0.482 e. The maximum atomic E-state index is 13.7. The molecule has 3 amide bonds. The molecular weight excluding hydrogens is 528 g/mol. The highest BCUT2D eigenvalue weighted by Gasteiger charge is 2.34. The number of ether oxygens (including phenoxy) is 1. The zero-order valence-electron chi connectivity index (χ0n) is 18.3. The number of anilines is 2. The first-order valence-corrected chi connectivity index (χ1v) is 11.5. The van der Waals surface area contributed by atoms with Crippen LogP contribution in [0.5, 0.6) is 5.75 Å². The SMILES string of the molecule is O=C(COc1ccc(/C=C2\C(=O)NC(=S)N(c3ccc(Cl)cc3)C2=O)cc1Cl)Nc1ccccc1F. The number of nitrogens with one attached hydrogen (secondary N) is 2. The number of rotatable bonds is 6. The van der Waals surface area contributed by atoms with E-state index in [1.165, 1.54) is 41.3 Å². The molecule has 0 aliphatic carbocycles. The van der Waals surface area contributed by atoms with E-state index in [-0.39, 0.29) is 27.1 Å². The lowest BCUT2D eigenvalue weighted by Crippen LogP contribution is -2.54. The van der Waals surface area contributed by atoms with Crippen molar-refractivity contribution in [1.29, 1.82) is 0 Å². The number of thiocarbonyl (C=S) groups is 1. The number of hydrogen-bond donors (Lipinski definition) is 2. The van der Waals surface area contributed by atoms with Gasteiger partial charge in [0.25, 0.3) is 17.7 Å². The van der Waals surface area contributed by atoms with Crippen LogP contribution in [0.15, 0.2) is 72.3 Å². The van der Waals surface area contributed by atoms with Crippen molar-refractivity contribution in [1.82, 2.24) is 5.32 Å². The lowest BCUT2D eigenvalue weighted by atomic mass is 10.1. The van der Waals surface area contributed by atoms with Gasteiger partial charge in [-0.05, 0) is 72.4 Å². The van der Waals surface area contributed by atoms with Crippen LogP contribution in [-0.2, 0) is 14.4 Å². The second-order valence-corrected chi connectivity index (χ2v) is 8.67. The molecule has 0 atom stereocenters. The van der Waals surface area contributed by atoms with Crippen molar-refractivity contribution >= 4 is 75.7 Å². The number of hydrogen-bond acceptors (Lipinski definition) is 5.